The summed E-state index contributed by atoms with van der Waals surface area (Å²) >= 11 is 0. The standard InChI is InChI=1S/C17H21BN4O2/c1-17(2,3)24-16(23)22-10-8-21(9-11-22)14-5-4-13(18)15-12(14)6-7-19-20-15/h4-7H,8-11H2,1-3H3. The quantitative estimate of drug-likeness (QED) is 0.744. The SMILES string of the molecule is [B]c1ccc(N2CCN(C(=O)OC(C)(C)C)CC2)c2ccnnc12. The average molecular weight is 324 g/mol. The number of hydrogen-bond acceptors (Lipinski definition) is 5. The van der Waals surface area contributed by atoms with E-state index in [-0.39, 0.29) is 6.09 Å². The molecule has 124 valence electrons. The molecule has 0 spiro atoms. The van der Waals surface area contributed by atoms with Crippen LogP contribution in [-0.2, 0) is 4.74 Å². The topological polar surface area (TPSA) is 58.6 Å². The third-order valence-electron chi connectivity index (χ3n) is 3.96. The van der Waals surface area contributed by atoms with Gasteiger partial charge in [-0.25, -0.2) is 4.79 Å². The summed E-state index contributed by atoms with van der Waals surface area (Å²) in [5, 5.41) is 9.03. The number of rotatable bonds is 1. The maximum absolute atomic E-state index is 12.2. The summed E-state index contributed by atoms with van der Waals surface area (Å²) in [6.45, 7) is 8.36. The molecule has 7 heteroatoms. The molecule has 1 amide bonds. The fraction of sp³-hybridized carbons (Fsp3) is 0.471. The highest BCUT2D eigenvalue weighted by Gasteiger charge is 2.26. The molecule has 6 nitrogen and oxygen atoms in total. The molecule has 2 radical (unpaired) electrons. The molecule has 0 unspecified atom stereocenters. The number of carbonyl (C=O) groups excluding carboxylic acids is 1. The number of hydrogen-bond donors (Lipinski definition) is 0. The van der Waals surface area contributed by atoms with E-state index >= 15 is 0 Å². The van der Waals surface area contributed by atoms with Crippen LogP contribution in [0, 0.1) is 0 Å². The lowest BCUT2D eigenvalue weighted by atomic mass is 9.92. The molecule has 2 aromatic rings. The summed E-state index contributed by atoms with van der Waals surface area (Å²) in [5.41, 5.74) is 1.93. The first-order valence-corrected chi connectivity index (χ1v) is 8.08. The van der Waals surface area contributed by atoms with Crippen LogP contribution in [0.25, 0.3) is 10.9 Å². The van der Waals surface area contributed by atoms with Crippen LogP contribution in [0.1, 0.15) is 20.8 Å². The van der Waals surface area contributed by atoms with E-state index in [1.807, 2.05) is 39.0 Å². The normalized spacial score (nSPS) is 15.6. The van der Waals surface area contributed by atoms with Crippen molar-refractivity contribution in [1.82, 2.24) is 15.1 Å². The van der Waals surface area contributed by atoms with Gasteiger partial charge in [0.2, 0.25) is 0 Å². The van der Waals surface area contributed by atoms with Gasteiger partial charge in [-0.1, -0.05) is 11.5 Å². The van der Waals surface area contributed by atoms with Crippen molar-refractivity contribution in [1.29, 1.82) is 0 Å². The van der Waals surface area contributed by atoms with Crippen molar-refractivity contribution in [2.45, 2.75) is 26.4 Å². The van der Waals surface area contributed by atoms with E-state index in [1.54, 1.807) is 11.1 Å². The minimum absolute atomic E-state index is 0.254. The summed E-state index contributed by atoms with van der Waals surface area (Å²) < 4.78 is 5.44. The Balaban J connectivity index is 1.74. The van der Waals surface area contributed by atoms with Crippen LogP contribution in [-0.4, -0.2) is 60.8 Å². The first-order chi connectivity index (χ1) is 11.3. The van der Waals surface area contributed by atoms with Gasteiger partial charge in [0.1, 0.15) is 13.4 Å². The Morgan fingerprint density at radius 1 is 1.17 bits per heavy atom. The maximum Gasteiger partial charge on any atom is 0.410 e. The predicted molar refractivity (Wildman–Crippen MR) is 94.9 cm³/mol. The van der Waals surface area contributed by atoms with Crippen molar-refractivity contribution < 1.29 is 9.53 Å². The van der Waals surface area contributed by atoms with Gasteiger partial charge in [0.25, 0.3) is 0 Å². The first kappa shape index (κ1) is 16.5. The zero-order chi connectivity index (χ0) is 17.3. The largest absolute Gasteiger partial charge is 0.444 e. The minimum Gasteiger partial charge on any atom is -0.444 e. The van der Waals surface area contributed by atoms with Crippen molar-refractivity contribution >= 4 is 36.0 Å². The van der Waals surface area contributed by atoms with Gasteiger partial charge in [-0.3, -0.25) is 0 Å². The van der Waals surface area contributed by atoms with E-state index in [4.69, 9.17) is 12.6 Å². The van der Waals surface area contributed by atoms with Crippen LogP contribution in [0.5, 0.6) is 0 Å². The molecule has 1 aliphatic heterocycles. The highest BCUT2D eigenvalue weighted by molar-refractivity contribution is 6.38. The average Bonchev–Trinajstić information content (AvgIpc) is 2.54. The number of nitrogens with zero attached hydrogens (tertiary/aromatic N) is 4. The van der Waals surface area contributed by atoms with E-state index in [0.29, 0.717) is 24.1 Å². The van der Waals surface area contributed by atoms with E-state index < -0.39 is 5.60 Å². The number of fused-ring (bicyclic) bond motifs is 1. The van der Waals surface area contributed by atoms with Crippen molar-refractivity contribution in [3.8, 4) is 0 Å². The van der Waals surface area contributed by atoms with Gasteiger partial charge < -0.3 is 14.5 Å². The van der Waals surface area contributed by atoms with Gasteiger partial charge in [0.15, 0.2) is 0 Å². The fourth-order valence-corrected chi connectivity index (χ4v) is 2.82. The molecular formula is C17H21BN4O2. The van der Waals surface area contributed by atoms with Crippen LogP contribution in [0.3, 0.4) is 0 Å². The number of ether oxygens (including phenoxy) is 1. The summed E-state index contributed by atoms with van der Waals surface area (Å²) in [4.78, 5) is 16.2. The molecule has 0 bridgehead atoms. The second kappa shape index (κ2) is 6.30. The van der Waals surface area contributed by atoms with Crippen LogP contribution >= 0.6 is 0 Å². The van der Waals surface area contributed by atoms with Crippen molar-refractivity contribution in [2.75, 3.05) is 31.1 Å². The molecule has 0 saturated carbocycles. The maximum atomic E-state index is 12.2. The lowest BCUT2D eigenvalue weighted by Gasteiger charge is -2.37. The van der Waals surface area contributed by atoms with E-state index in [9.17, 15) is 4.79 Å². The number of amides is 1. The summed E-state index contributed by atoms with van der Waals surface area (Å²) in [5.74, 6) is 0. The number of anilines is 1. The molecule has 0 N–H and O–H groups in total. The van der Waals surface area contributed by atoms with Crippen LogP contribution in [0.4, 0.5) is 10.5 Å². The number of benzene rings is 1. The zero-order valence-electron chi connectivity index (χ0n) is 14.3. The Labute approximate surface area is 143 Å². The third-order valence-corrected chi connectivity index (χ3v) is 3.96. The molecule has 2 heterocycles. The monoisotopic (exact) mass is 324 g/mol. The Kier molecular flexibility index (Phi) is 4.34. The molecule has 1 aromatic carbocycles. The number of piperazine rings is 1. The van der Waals surface area contributed by atoms with Gasteiger partial charge in [-0.15, -0.1) is 0 Å². The molecule has 1 aromatic heterocycles. The molecule has 1 fully saturated rings. The number of carbonyl (C=O) groups is 1. The Morgan fingerprint density at radius 3 is 2.54 bits per heavy atom. The fourth-order valence-electron chi connectivity index (χ4n) is 2.82. The smallest absolute Gasteiger partial charge is 0.410 e. The van der Waals surface area contributed by atoms with Gasteiger partial charge in [-0.2, -0.15) is 10.2 Å². The van der Waals surface area contributed by atoms with Gasteiger partial charge >= 0.3 is 6.09 Å². The number of aromatic nitrogens is 2. The van der Waals surface area contributed by atoms with E-state index in [0.717, 1.165) is 24.2 Å². The molecular weight excluding hydrogens is 303 g/mol. The molecule has 3 rings (SSSR count). The van der Waals surface area contributed by atoms with Crippen molar-refractivity contribution in [2.24, 2.45) is 0 Å². The lowest BCUT2D eigenvalue weighted by molar-refractivity contribution is 0.0241. The van der Waals surface area contributed by atoms with Gasteiger partial charge in [-0.05, 0) is 32.9 Å². The first-order valence-electron chi connectivity index (χ1n) is 8.08. The Bertz CT molecular complexity index is 752. The van der Waals surface area contributed by atoms with Crippen molar-refractivity contribution in [3.05, 3.63) is 24.4 Å². The molecule has 1 aliphatic rings. The molecule has 0 atom stereocenters. The van der Waals surface area contributed by atoms with Gasteiger partial charge in [0.05, 0.1) is 11.7 Å². The minimum atomic E-state index is -0.472. The predicted octanol–water partition coefficient (Wildman–Crippen LogP) is 1.48. The summed E-state index contributed by atoms with van der Waals surface area (Å²) in [7, 11) is 5.98. The Morgan fingerprint density at radius 2 is 1.88 bits per heavy atom. The summed E-state index contributed by atoms with van der Waals surface area (Å²) in [6.07, 6.45) is 1.41. The van der Waals surface area contributed by atoms with E-state index in [1.165, 1.54) is 0 Å². The van der Waals surface area contributed by atoms with Crippen molar-refractivity contribution in [3.63, 3.8) is 0 Å². The highest BCUT2D eigenvalue weighted by atomic mass is 16.6. The Hall–Kier alpha value is -2.31. The molecule has 24 heavy (non-hydrogen) atoms. The third kappa shape index (κ3) is 3.45. The van der Waals surface area contributed by atoms with Crippen LogP contribution in [0.15, 0.2) is 24.4 Å². The van der Waals surface area contributed by atoms with Crippen LogP contribution in [0.2, 0.25) is 0 Å². The second-order valence-electron chi connectivity index (χ2n) is 6.92. The van der Waals surface area contributed by atoms with E-state index in [2.05, 4.69) is 15.1 Å². The highest BCUT2D eigenvalue weighted by Crippen LogP contribution is 2.25. The lowest BCUT2D eigenvalue weighted by Crippen LogP contribution is -2.50. The molecule has 1 saturated heterocycles. The molecule has 0 aliphatic carbocycles. The van der Waals surface area contributed by atoms with Crippen LogP contribution < -0.4 is 10.4 Å². The second-order valence-corrected chi connectivity index (χ2v) is 6.92. The summed E-state index contributed by atoms with van der Waals surface area (Å²) in [6, 6.07) is 5.78. The van der Waals surface area contributed by atoms with Gasteiger partial charge in [0, 0.05) is 37.3 Å². The zero-order valence-corrected chi connectivity index (χ0v) is 14.3.